The predicted molar refractivity (Wildman–Crippen MR) is 70.8 cm³/mol. The molecule has 98 valence electrons. The molecule has 2 rings (SSSR count). The fraction of sp³-hybridized carbons (Fsp3) is 0.933. The van der Waals surface area contributed by atoms with Crippen LogP contribution in [0.2, 0.25) is 0 Å². The molecule has 1 heterocycles. The van der Waals surface area contributed by atoms with Crippen LogP contribution in [0.1, 0.15) is 71.6 Å². The molecule has 0 spiro atoms. The first-order valence-electron chi connectivity index (χ1n) is 7.49. The van der Waals surface area contributed by atoms with Crippen molar-refractivity contribution in [3.63, 3.8) is 0 Å². The number of rotatable bonds is 3. The molecule has 1 aliphatic carbocycles. The van der Waals surface area contributed by atoms with Crippen LogP contribution in [-0.2, 0) is 4.79 Å². The minimum Gasteiger partial charge on any atom is -0.337 e. The topological polar surface area (TPSA) is 20.3 Å². The summed E-state index contributed by atoms with van der Waals surface area (Å²) in [6.07, 6.45) is 11.1. The average Bonchev–Trinajstić information content (AvgIpc) is 2.79. The summed E-state index contributed by atoms with van der Waals surface area (Å²) >= 11 is 0. The van der Waals surface area contributed by atoms with Crippen LogP contribution in [0.15, 0.2) is 0 Å². The lowest BCUT2D eigenvalue weighted by molar-refractivity contribution is -0.137. The van der Waals surface area contributed by atoms with Crippen LogP contribution < -0.4 is 0 Å². The molecule has 0 aromatic carbocycles. The van der Waals surface area contributed by atoms with Crippen molar-refractivity contribution in [3.8, 4) is 0 Å². The summed E-state index contributed by atoms with van der Waals surface area (Å²) in [5, 5.41) is 0. The lowest BCUT2D eigenvalue weighted by Crippen LogP contribution is -2.47. The van der Waals surface area contributed by atoms with E-state index in [0.29, 0.717) is 18.0 Å². The van der Waals surface area contributed by atoms with Crippen molar-refractivity contribution in [2.24, 2.45) is 5.92 Å². The smallest absolute Gasteiger partial charge is 0.223 e. The summed E-state index contributed by atoms with van der Waals surface area (Å²) in [5.41, 5.74) is 0. The van der Waals surface area contributed by atoms with E-state index in [2.05, 4.69) is 18.7 Å². The highest BCUT2D eigenvalue weighted by molar-refractivity contribution is 5.77. The molecule has 0 aromatic heterocycles. The Balaban J connectivity index is 1.80. The second-order valence-corrected chi connectivity index (χ2v) is 6.12. The van der Waals surface area contributed by atoms with E-state index < -0.39 is 0 Å². The van der Waals surface area contributed by atoms with Gasteiger partial charge in [0.1, 0.15) is 0 Å². The van der Waals surface area contributed by atoms with E-state index in [4.69, 9.17) is 0 Å². The lowest BCUT2D eigenvalue weighted by Gasteiger charge is -2.39. The van der Waals surface area contributed by atoms with E-state index in [1.54, 1.807) is 0 Å². The van der Waals surface area contributed by atoms with Crippen molar-refractivity contribution in [3.05, 3.63) is 0 Å². The number of carbonyl (C=O) groups is 1. The molecule has 1 saturated carbocycles. The third-order valence-electron chi connectivity index (χ3n) is 4.72. The minimum absolute atomic E-state index is 0.414. The van der Waals surface area contributed by atoms with Gasteiger partial charge in [-0.2, -0.15) is 0 Å². The van der Waals surface area contributed by atoms with E-state index in [1.165, 1.54) is 44.9 Å². The van der Waals surface area contributed by atoms with Gasteiger partial charge in [0.05, 0.1) is 0 Å². The quantitative estimate of drug-likeness (QED) is 0.732. The van der Waals surface area contributed by atoms with Crippen LogP contribution in [-0.4, -0.2) is 22.9 Å². The molecule has 1 amide bonds. The van der Waals surface area contributed by atoms with Gasteiger partial charge in [0.25, 0.3) is 0 Å². The molecule has 0 N–H and O–H groups in total. The Kier molecular flexibility index (Phi) is 4.47. The number of carbonyl (C=O) groups excluding carboxylic acids is 1. The zero-order valence-corrected chi connectivity index (χ0v) is 11.5. The first-order valence-corrected chi connectivity index (χ1v) is 7.49. The second kappa shape index (κ2) is 5.88. The molecule has 2 aliphatic rings. The summed E-state index contributed by atoms with van der Waals surface area (Å²) in [4.78, 5) is 14.5. The molecule has 2 nitrogen and oxygen atoms in total. The van der Waals surface area contributed by atoms with Crippen LogP contribution >= 0.6 is 0 Å². The minimum atomic E-state index is 0.414. The first kappa shape index (κ1) is 12.9. The SMILES string of the molecule is CC1CCCC(C)N1C(=O)CCC1CCCC1. The Morgan fingerprint density at radius 3 is 2.18 bits per heavy atom. The molecular formula is C15H27NO. The molecule has 2 unspecified atom stereocenters. The van der Waals surface area contributed by atoms with Crippen molar-refractivity contribution in [2.75, 3.05) is 0 Å². The van der Waals surface area contributed by atoms with Gasteiger partial charge in [-0.25, -0.2) is 0 Å². The summed E-state index contributed by atoms with van der Waals surface area (Å²) in [6, 6.07) is 0.935. The standard InChI is InChI=1S/C15H27NO/c1-12-6-5-7-13(2)16(12)15(17)11-10-14-8-3-4-9-14/h12-14H,3-11H2,1-2H3. The molecule has 2 atom stereocenters. The zero-order chi connectivity index (χ0) is 12.3. The summed E-state index contributed by atoms with van der Waals surface area (Å²) in [5.74, 6) is 1.26. The maximum atomic E-state index is 12.3. The number of hydrogen-bond donors (Lipinski definition) is 0. The van der Waals surface area contributed by atoms with Crippen molar-refractivity contribution in [1.82, 2.24) is 4.90 Å². The zero-order valence-electron chi connectivity index (χ0n) is 11.5. The number of hydrogen-bond acceptors (Lipinski definition) is 1. The summed E-state index contributed by atoms with van der Waals surface area (Å²) in [7, 11) is 0. The maximum absolute atomic E-state index is 12.3. The van der Waals surface area contributed by atoms with E-state index >= 15 is 0 Å². The summed E-state index contributed by atoms with van der Waals surface area (Å²) < 4.78 is 0. The Hall–Kier alpha value is -0.530. The molecule has 0 aromatic rings. The molecule has 1 saturated heterocycles. The maximum Gasteiger partial charge on any atom is 0.223 e. The Morgan fingerprint density at radius 1 is 1.00 bits per heavy atom. The van der Waals surface area contributed by atoms with Crippen molar-refractivity contribution >= 4 is 5.91 Å². The summed E-state index contributed by atoms with van der Waals surface area (Å²) in [6.45, 7) is 4.42. The molecule has 0 bridgehead atoms. The molecule has 17 heavy (non-hydrogen) atoms. The van der Waals surface area contributed by atoms with E-state index in [-0.39, 0.29) is 0 Å². The number of likely N-dealkylation sites (tertiary alicyclic amines) is 1. The fourth-order valence-electron chi connectivity index (χ4n) is 3.67. The van der Waals surface area contributed by atoms with Gasteiger partial charge in [0.15, 0.2) is 0 Å². The van der Waals surface area contributed by atoms with Gasteiger partial charge in [0.2, 0.25) is 5.91 Å². The van der Waals surface area contributed by atoms with Crippen LogP contribution in [0.5, 0.6) is 0 Å². The number of amides is 1. The fourth-order valence-corrected chi connectivity index (χ4v) is 3.67. The first-order chi connectivity index (χ1) is 8.18. The Labute approximate surface area is 106 Å². The van der Waals surface area contributed by atoms with Crippen LogP contribution in [0.25, 0.3) is 0 Å². The van der Waals surface area contributed by atoms with Gasteiger partial charge < -0.3 is 4.90 Å². The Bertz CT molecular complexity index is 248. The van der Waals surface area contributed by atoms with Gasteiger partial charge >= 0.3 is 0 Å². The highest BCUT2D eigenvalue weighted by atomic mass is 16.2. The van der Waals surface area contributed by atoms with Crippen LogP contribution in [0.4, 0.5) is 0 Å². The van der Waals surface area contributed by atoms with Crippen molar-refractivity contribution < 1.29 is 4.79 Å². The third kappa shape index (κ3) is 3.23. The highest BCUT2D eigenvalue weighted by Gasteiger charge is 2.29. The van der Waals surface area contributed by atoms with E-state index in [0.717, 1.165) is 18.8 Å². The van der Waals surface area contributed by atoms with Gasteiger partial charge in [-0.1, -0.05) is 25.7 Å². The van der Waals surface area contributed by atoms with Crippen molar-refractivity contribution in [2.45, 2.75) is 83.7 Å². The second-order valence-electron chi connectivity index (χ2n) is 6.12. The normalized spacial score (nSPS) is 30.8. The average molecular weight is 237 g/mol. The molecule has 2 fully saturated rings. The molecule has 1 aliphatic heterocycles. The van der Waals surface area contributed by atoms with Crippen molar-refractivity contribution in [1.29, 1.82) is 0 Å². The van der Waals surface area contributed by atoms with Gasteiger partial charge in [0, 0.05) is 18.5 Å². The van der Waals surface area contributed by atoms with E-state index in [1.807, 2.05) is 0 Å². The number of piperidine rings is 1. The molecular weight excluding hydrogens is 210 g/mol. The lowest BCUT2D eigenvalue weighted by atomic mass is 9.95. The van der Waals surface area contributed by atoms with E-state index in [9.17, 15) is 4.79 Å². The van der Waals surface area contributed by atoms with Crippen LogP contribution in [0, 0.1) is 5.92 Å². The Morgan fingerprint density at radius 2 is 1.59 bits per heavy atom. The molecule has 0 radical (unpaired) electrons. The monoisotopic (exact) mass is 237 g/mol. The van der Waals surface area contributed by atoms with Crippen LogP contribution in [0.3, 0.4) is 0 Å². The van der Waals surface area contributed by atoms with Gasteiger partial charge in [-0.15, -0.1) is 0 Å². The van der Waals surface area contributed by atoms with Gasteiger partial charge in [-0.3, -0.25) is 4.79 Å². The third-order valence-corrected chi connectivity index (χ3v) is 4.72. The van der Waals surface area contributed by atoms with Gasteiger partial charge in [-0.05, 0) is 45.4 Å². The largest absolute Gasteiger partial charge is 0.337 e. The predicted octanol–water partition coefficient (Wildman–Crippen LogP) is 3.75. The molecule has 2 heteroatoms. The highest BCUT2D eigenvalue weighted by Crippen LogP contribution is 2.30. The number of nitrogens with zero attached hydrogens (tertiary/aromatic N) is 1.